The van der Waals surface area contributed by atoms with Crippen LogP contribution < -0.4 is 10.5 Å². The van der Waals surface area contributed by atoms with Crippen LogP contribution in [0.5, 0.6) is 5.75 Å². The Hall–Kier alpha value is -1.58. The van der Waals surface area contributed by atoms with Crippen LogP contribution in [0.1, 0.15) is 11.1 Å². The second kappa shape index (κ2) is 5.66. The Morgan fingerprint density at radius 3 is 2.82 bits per heavy atom. The van der Waals surface area contributed by atoms with Crippen molar-refractivity contribution in [3.8, 4) is 5.75 Å². The molecule has 0 radical (unpaired) electrons. The zero-order valence-electron chi connectivity index (χ0n) is 9.27. The van der Waals surface area contributed by atoms with Crippen LogP contribution in [-0.2, 0) is 13.2 Å². The number of hydrogen-bond acceptors (Lipinski definition) is 3. The molecule has 1 aromatic heterocycles. The zero-order chi connectivity index (χ0) is 12.1. The summed E-state index contributed by atoms with van der Waals surface area (Å²) in [4.78, 5) is 3.97. The zero-order valence-corrected chi connectivity index (χ0v) is 10.0. The van der Waals surface area contributed by atoms with Gasteiger partial charge in [-0.25, -0.2) is 0 Å². The number of rotatable bonds is 4. The van der Waals surface area contributed by atoms with E-state index < -0.39 is 0 Å². The van der Waals surface area contributed by atoms with Gasteiger partial charge in [0.15, 0.2) is 0 Å². The average molecular weight is 249 g/mol. The number of hydrogen-bond donors (Lipinski definition) is 1. The highest BCUT2D eigenvalue weighted by atomic mass is 35.5. The van der Waals surface area contributed by atoms with Crippen molar-refractivity contribution in [3.05, 3.63) is 58.9 Å². The number of pyridine rings is 1. The lowest BCUT2D eigenvalue weighted by Gasteiger charge is -2.08. The van der Waals surface area contributed by atoms with Crippen LogP contribution in [-0.4, -0.2) is 4.98 Å². The lowest BCUT2D eigenvalue weighted by atomic mass is 10.1. The van der Waals surface area contributed by atoms with Gasteiger partial charge in [-0.2, -0.15) is 0 Å². The van der Waals surface area contributed by atoms with Gasteiger partial charge in [-0.15, -0.1) is 0 Å². The third-order valence-corrected chi connectivity index (χ3v) is 2.73. The van der Waals surface area contributed by atoms with Gasteiger partial charge in [-0.3, -0.25) is 4.98 Å². The molecule has 1 aromatic carbocycles. The van der Waals surface area contributed by atoms with Gasteiger partial charge >= 0.3 is 0 Å². The highest BCUT2D eigenvalue weighted by Gasteiger charge is 2.02. The minimum Gasteiger partial charge on any atom is -0.487 e. The molecular formula is C13H13ClN2O. The van der Waals surface area contributed by atoms with Crippen LogP contribution in [0.2, 0.25) is 5.02 Å². The van der Waals surface area contributed by atoms with E-state index in [-0.39, 0.29) is 0 Å². The fourth-order valence-electron chi connectivity index (χ4n) is 1.43. The van der Waals surface area contributed by atoms with E-state index >= 15 is 0 Å². The second-order valence-corrected chi connectivity index (χ2v) is 4.01. The van der Waals surface area contributed by atoms with Crippen LogP contribution in [0.15, 0.2) is 42.7 Å². The molecule has 1 heterocycles. The first-order valence-electron chi connectivity index (χ1n) is 5.30. The number of nitrogens with two attached hydrogens (primary N) is 1. The summed E-state index contributed by atoms with van der Waals surface area (Å²) in [5.74, 6) is 0.728. The van der Waals surface area contributed by atoms with E-state index in [0.717, 1.165) is 16.9 Å². The largest absolute Gasteiger partial charge is 0.487 e. The quantitative estimate of drug-likeness (QED) is 0.905. The highest BCUT2D eigenvalue weighted by Crippen LogP contribution is 2.19. The van der Waals surface area contributed by atoms with Crippen molar-refractivity contribution in [3.63, 3.8) is 0 Å². The number of nitrogens with zero attached hydrogens (tertiary/aromatic N) is 1. The predicted octanol–water partition coefficient (Wildman–Crippen LogP) is 2.77. The molecule has 0 bridgehead atoms. The third-order valence-electron chi connectivity index (χ3n) is 2.38. The summed E-state index contributed by atoms with van der Waals surface area (Å²) < 4.78 is 5.57. The molecule has 0 aliphatic rings. The van der Waals surface area contributed by atoms with Crippen molar-refractivity contribution >= 4 is 11.6 Å². The van der Waals surface area contributed by atoms with Crippen LogP contribution in [0.4, 0.5) is 0 Å². The van der Waals surface area contributed by atoms with Gasteiger partial charge in [0.25, 0.3) is 0 Å². The smallest absolute Gasteiger partial charge is 0.138 e. The first-order valence-corrected chi connectivity index (χ1v) is 5.67. The average Bonchev–Trinajstić information content (AvgIpc) is 2.38. The highest BCUT2D eigenvalue weighted by molar-refractivity contribution is 6.31. The SMILES string of the molecule is NCc1ccc(COc2cccnc2)c(Cl)c1. The molecule has 17 heavy (non-hydrogen) atoms. The summed E-state index contributed by atoms with van der Waals surface area (Å²) in [6.07, 6.45) is 3.37. The molecule has 0 aliphatic carbocycles. The van der Waals surface area contributed by atoms with Gasteiger partial charge in [0.1, 0.15) is 12.4 Å². The van der Waals surface area contributed by atoms with Crippen molar-refractivity contribution in [2.75, 3.05) is 0 Å². The third kappa shape index (κ3) is 3.19. The Morgan fingerprint density at radius 2 is 2.18 bits per heavy atom. The van der Waals surface area contributed by atoms with Crippen molar-refractivity contribution in [1.82, 2.24) is 4.98 Å². The maximum absolute atomic E-state index is 6.12. The summed E-state index contributed by atoms with van der Waals surface area (Å²) in [6.45, 7) is 0.916. The number of ether oxygens (including phenoxy) is 1. The predicted molar refractivity (Wildman–Crippen MR) is 67.9 cm³/mol. The molecule has 0 amide bonds. The van der Waals surface area contributed by atoms with E-state index in [1.807, 2.05) is 30.3 Å². The second-order valence-electron chi connectivity index (χ2n) is 3.61. The Labute approximate surface area is 105 Å². The van der Waals surface area contributed by atoms with E-state index in [1.54, 1.807) is 12.4 Å². The van der Waals surface area contributed by atoms with E-state index in [1.165, 1.54) is 0 Å². The fraction of sp³-hybridized carbons (Fsp3) is 0.154. The first-order chi connectivity index (χ1) is 8.29. The minimum atomic E-state index is 0.426. The van der Waals surface area contributed by atoms with Gasteiger partial charge < -0.3 is 10.5 Å². The van der Waals surface area contributed by atoms with Gasteiger partial charge in [0.05, 0.1) is 6.20 Å². The molecule has 3 nitrogen and oxygen atoms in total. The fourth-order valence-corrected chi connectivity index (χ4v) is 1.69. The lowest BCUT2D eigenvalue weighted by Crippen LogP contribution is -2.00. The first kappa shape index (κ1) is 11.9. The standard InChI is InChI=1S/C13H13ClN2O/c14-13-6-10(7-15)3-4-11(13)9-17-12-2-1-5-16-8-12/h1-6,8H,7,9,15H2. The van der Waals surface area contributed by atoms with Crippen LogP contribution in [0.25, 0.3) is 0 Å². The monoisotopic (exact) mass is 248 g/mol. The molecule has 0 saturated heterocycles. The van der Waals surface area contributed by atoms with E-state index in [0.29, 0.717) is 18.2 Å². The summed E-state index contributed by atoms with van der Waals surface area (Å²) >= 11 is 6.12. The van der Waals surface area contributed by atoms with Crippen molar-refractivity contribution in [1.29, 1.82) is 0 Å². The summed E-state index contributed by atoms with van der Waals surface area (Å²) in [5.41, 5.74) is 7.49. The normalized spacial score (nSPS) is 10.2. The molecule has 2 rings (SSSR count). The van der Waals surface area contributed by atoms with Crippen molar-refractivity contribution in [2.24, 2.45) is 5.73 Å². The maximum Gasteiger partial charge on any atom is 0.138 e. The van der Waals surface area contributed by atoms with Gasteiger partial charge in [-0.1, -0.05) is 23.7 Å². The molecule has 4 heteroatoms. The Morgan fingerprint density at radius 1 is 1.29 bits per heavy atom. The molecule has 88 valence electrons. The molecule has 0 aliphatic heterocycles. The lowest BCUT2D eigenvalue weighted by molar-refractivity contribution is 0.305. The molecule has 0 spiro atoms. The van der Waals surface area contributed by atoms with Gasteiger partial charge in [0, 0.05) is 23.3 Å². The van der Waals surface area contributed by atoms with Crippen LogP contribution in [0, 0.1) is 0 Å². The van der Waals surface area contributed by atoms with Crippen LogP contribution >= 0.6 is 11.6 Å². The van der Waals surface area contributed by atoms with E-state index in [4.69, 9.17) is 22.1 Å². The van der Waals surface area contributed by atoms with Crippen molar-refractivity contribution in [2.45, 2.75) is 13.2 Å². The van der Waals surface area contributed by atoms with E-state index in [2.05, 4.69) is 4.98 Å². The van der Waals surface area contributed by atoms with E-state index in [9.17, 15) is 0 Å². The Kier molecular flexibility index (Phi) is 3.96. The molecule has 2 N–H and O–H groups in total. The maximum atomic E-state index is 6.12. The van der Waals surface area contributed by atoms with Gasteiger partial charge in [-0.05, 0) is 23.8 Å². The molecule has 0 unspecified atom stereocenters. The molecule has 0 atom stereocenters. The number of benzene rings is 1. The number of halogens is 1. The number of aromatic nitrogens is 1. The molecule has 0 saturated carbocycles. The summed E-state index contributed by atoms with van der Waals surface area (Å²) in [6, 6.07) is 9.43. The minimum absolute atomic E-state index is 0.426. The topological polar surface area (TPSA) is 48.1 Å². The summed E-state index contributed by atoms with van der Waals surface area (Å²) in [5, 5.41) is 0.678. The Balaban J connectivity index is 2.04. The van der Waals surface area contributed by atoms with Crippen molar-refractivity contribution < 1.29 is 4.74 Å². The summed E-state index contributed by atoms with van der Waals surface area (Å²) in [7, 11) is 0. The van der Waals surface area contributed by atoms with Gasteiger partial charge in [0.2, 0.25) is 0 Å². The van der Waals surface area contributed by atoms with Crippen LogP contribution in [0.3, 0.4) is 0 Å². The Bertz CT molecular complexity index is 488. The molecule has 0 fully saturated rings. The molecular weight excluding hydrogens is 236 g/mol. The molecule has 2 aromatic rings.